The van der Waals surface area contributed by atoms with Gasteiger partial charge in [-0.25, -0.2) is 0 Å². The molecule has 0 unspecified atom stereocenters. The Bertz CT molecular complexity index is 645. The summed E-state index contributed by atoms with van der Waals surface area (Å²) in [4.78, 5) is 15.5. The number of aromatic nitrogens is 1. The lowest BCUT2D eigenvalue weighted by Crippen LogP contribution is -2.29. The van der Waals surface area contributed by atoms with Crippen LogP contribution in [0.25, 0.3) is 0 Å². The van der Waals surface area contributed by atoms with Crippen molar-refractivity contribution in [1.29, 1.82) is 0 Å². The molecule has 0 saturated heterocycles. The number of aliphatic hydroxyl groups excluding tert-OH is 1. The molecule has 7 heteroatoms. The number of pyridine rings is 1. The van der Waals surface area contributed by atoms with E-state index < -0.39 is 23.8 Å². The maximum absolute atomic E-state index is 12.9. The van der Waals surface area contributed by atoms with Gasteiger partial charge in [-0.2, -0.15) is 13.2 Å². The molecule has 116 valence electrons. The van der Waals surface area contributed by atoms with Gasteiger partial charge in [-0.15, -0.1) is 0 Å². The van der Waals surface area contributed by atoms with Crippen LogP contribution >= 0.6 is 0 Å². The molecule has 0 aliphatic heterocycles. The zero-order valence-corrected chi connectivity index (χ0v) is 11.3. The summed E-state index contributed by atoms with van der Waals surface area (Å²) in [5, 5.41) is 12.3. The lowest BCUT2D eigenvalue weighted by Gasteiger charge is -2.17. The highest BCUT2D eigenvalue weighted by Gasteiger charge is 2.34. The van der Waals surface area contributed by atoms with Gasteiger partial charge in [-0.1, -0.05) is 18.2 Å². The largest absolute Gasteiger partial charge is 0.416 e. The molecule has 0 fully saturated rings. The number of hydrogen-bond acceptors (Lipinski definition) is 3. The molecule has 0 saturated carbocycles. The lowest BCUT2D eigenvalue weighted by molar-refractivity contribution is -0.139. The molecular weight excluding hydrogens is 297 g/mol. The van der Waals surface area contributed by atoms with Crippen molar-refractivity contribution >= 4 is 5.91 Å². The van der Waals surface area contributed by atoms with E-state index in [9.17, 15) is 23.1 Å². The molecule has 0 spiro atoms. The van der Waals surface area contributed by atoms with Crippen LogP contribution in [0.3, 0.4) is 0 Å². The van der Waals surface area contributed by atoms with Crippen LogP contribution in [0.15, 0.2) is 48.8 Å². The third-order valence-electron chi connectivity index (χ3n) is 3.02. The van der Waals surface area contributed by atoms with Crippen molar-refractivity contribution < 1.29 is 23.1 Å². The van der Waals surface area contributed by atoms with Crippen molar-refractivity contribution in [3.8, 4) is 0 Å². The van der Waals surface area contributed by atoms with Gasteiger partial charge in [0.15, 0.2) is 0 Å². The Morgan fingerprint density at radius 1 is 1.18 bits per heavy atom. The van der Waals surface area contributed by atoms with Gasteiger partial charge in [0.1, 0.15) is 0 Å². The lowest BCUT2D eigenvalue weighted by atomic mass is 10.0. The Morgan fingerprint density at radius 2 is 1.82 bits per heavy atom. The molecule has 0 aliphatic rings. The standard InChI is InChI=1S/C15H13F3N2O2/c16-15(17,18)12-4-2-1-3-11(12)13(21)9-20-14(22)10-5-7-19-8-6-10/h1-8,13,21H,9H2,(H,20,22)/t13-/m0/s1. The van der Waals surface area contributed by atoms with Crippen molar-refractivity contribution in [2.75, 3.05) is 6.54 Å². The fraction of sp³-hybridized carbons (Fsp3) is 0.200. The number of nitrogens with zero attached hydrogens (tertiary/aromatic N) is 1. The number of hydrogen-bond donors (Lipinski definition) is 2. The second kappa shape index (κ2) is 6.57. The summed E-state index contributed by atoms with van der Waals surface area (Å²) in [7, 11) is 0. The zero-order valence-electron chi connectivity index (χ0n) is 11.3. The highest BCUT2D eigenvalue weighted by molar-refractivity contribution is 5.93. The number of amides is 1. The summed E-state index contributed by atoms with van der Waals surface area (Å²) in [5.41, 5.74) is -0.878. The molecule has 2 N–H and O–H groups in total. The number of rotatable bonds is 4. The number of aliphatic hydroxyl groups is 1. The van der Waals surface area contributed by atoms with Crippen LogP contribution in [0.4, 0.5) is 13.2 Å². The van der Waals surface area contributed by atoms with Gasteiger partial charge in [0.25, 0.3) is 5.91 Å². The summed E-state index contributed by atoms with van der Waals surface area (Å²) >= 11 is 0. The van der Waals surface area contributed by atoms with E-state index in [0.717, 1.165) is 6.07 Å². The first kappa shape index (κ1) is 16.0. The molecule has 0 aliphatic carbocycles. The van der Waals surface area contributed by atoms with Crippen LogP contribution in [-0.2, 0) is 6.18 Å². The second-order valence-corrected chi connectivity index (χ2v) is 4.55. The highest BCUT2D eigenvalue weighted by atomic mass is 19.4. The number of halogens is 3. The molecule has 1 atom stereocenters. The smallest absolute Gasteiger partial charge is 0.387 e. The molecule has 0 radical (unpaired) electrons. The number of nitrogens with one attached hydrogen (secondary N) is 1. The summed E-state index contributed by atoms with van der Waals surface area (Å²) in [6, 6.07) is 7.65. The van der Waals surface area contributed by atoms with Crippen LogP contribution in [0.2, 0.25) is 0 Å². The van der Waals surface area contributed by atoms with Crippen molar-refractivity contribution in [3.63, 3.8) is 0 Å². The quantitative estimate of drug-likeness (QED) is 0.912. The number of carbonyl (C=O) groups excluding carboxylic acids is 1. The van der Waals surface area contributed by atoms with E-state index in [4.69, 9.17) is 0 Å². The van der Waals surface area contributed by atoms with E-state index in [1.54, 1.807) is 0 Å². The van der Waals surface area contributed by atoms with Gasteiger partial charge >= 0.3 is 6.18 Å². The molecule has 2 aromatic rings. The molecule has 2 rings (SSSR count). The Morgan fingerprint density at radius 3 is 2.45 bits per heavy atom. The summed E-state index contributed by atoms with van der Waals surface area (Å²) in [5.74, 6) is -0.495. The fourth-order valence-electron chi connectivity index (χ4n) is 1.95. The van der Waals surface area contributed by atoms with Gasteiger partial charge in [0.2, 0.25) is 0 Å². The molecule has 1 aromatic carbocycles. The highest BCUT2D eigenvalue weighted by Crippen LogP contribution is 2.34. The van der Waals surface area contributed by atoms with Gasteiger partial charge in [0.05, 0.1) is 11.7 Å². The monoisotopic (exact) mass is 310 g/mol. The average Bonchev–Trinajstić information content (AvgIpc) is 2.52. The third-order valence-corrected chi connectivity index (χ3v) is 3.02. The Labute approximate surface area is 124 Å². The first-order chi connectivity index (χ1) is 10.4. The van der Waals surface area contributed by atoms with Crippen molar-refractivity contribution in [2.45, 2.75) is 12.3 Å². The van der Waals surface area contributed by atoms with E-state index in [1.165, 1.54) is 42.7 Å². The summed E-state index contributed by atoms with van der Waals surface area (Å²) in [6.07, 6.45) is -3.18. The van der Waals surface area contributed by atoms with Crippen LogP contribution in [0.5, 0.6) is 0 Å². The van der Waals surface area contributed by atoms with Crippen LogP contribution in [0, 0.1) is 0 Å². The van der Waals surface area contributed by atoms with Crippen molar-refractivity contribution in [2.24, 2.45) is 0 Å². The minimum atomic E-state index is -4.56. The topological polar surface area (TPSA) is 62.2 Å². The number of benzene rings is 1. The number of carbonyl (C=O) groups is 1. The van der Waals surface area contributed by atoms with E-state index in [2.05, 4.69) is 10.3 Å². The third kappa shape index (κ3) is 3.82. The minimum Gasteiger partial charge on any atom is -0.387 e. The van der Waals surface area contributed by atoms with Crippen molar-refractivity contribution in [1.82, 2.24) is 10.3 Å². The Kier molecular flexibility index (Phi) is 4.77. The van der Waals surface area contributed by atoms with E-state index in [1.807, 2.05) is 0 Å². The predicted molar refractivity (Wildman–Crippen MR) is 73.0 cm³/mol. The molecule has 4 nitrogen and oxygen atoms in total. The maximum atomic E-state index is 12.9. The number of alkyl halides is 3. The predicted octanol–water partition coefficient (Wildman–Crippen LogP) is 2.56. The second-order valence-electron chi connectivity index (χ2n) is 4.55. The molecule has 1 amide bonds. The van der Waals surface area contributed by atoms with Gasteiger partial charge < -0.3 is 10.4 Å². The Balaban J connectivity index is 2.07. The normalized spacial score (nSPS) is 12.7. The molecular formula is C15H13F3N2O2. The van der Waals surface area contributed by atoms with Crippen molar-refractivity contribution in [3.05, 3.63) is 65.5 Å². The van der Waals surface area contributed by atoms with E-state index in [-0.39, 0.29) is 12.1 Å². The van der Waals surface area contributed by atoms with Gasteiger partial charge in [0, 0.05) is 24.5 Å². The molecule has 1 aromatic heterocycles. The SMILES string of the molecule is O=C(NC[C@H](O)c1ccccc1C(F)(F)F)c1ccncc1. The van der Waals surface area contributed by atoms with Crippen LogP contribution in [0.1, 0.15) is 27.6 Å². The minimum absolute atomic E-state index is 0.273. The van der Waals surface area contributed by atoms with Crippen LogP contribution < -0.4 is 5.32 Å². The van der Waals surface area contributed by atoms with E-state index in [0.29, 0.717) is 5.56 Å². The molecule has 1 heterocycles. The molecule has 22 heavy (non-hydrogen) atoms. The average molecular weight is 310 g/mol. The summed E-state index contributed by atoms with van der Waals surface area (Å²) in [6.45, 7) is -0.325. The summed E-state index contributed by atoms with van der Waals surface area (Å²) < 4.78 is 38.6. The molecule has 0 bridgehead atoms. The first-order valence-corrected chi connectivity index (χ1v) is 6.42. The fourth-order valence-corrected chi connectivity index (χ4v) is 1.95. The van der Waals surface area contributed by atoms with Crippen LogP contribution in [-0.4, -0.2) is 22.5 Å². The first-order valence-electron chi connectivity index (χ1n) is 6.42. The maximum Gasteiger partial charge on any atom is 0.416 e. The zero-order chi connectivity index (χ0) is 16.2. The Hall–Kier alpha value is -2.41. The van der Waals surface area contributed by atoms with E-state index >= 15 is 0 Å². The van der Waals surface area contributed by atoms with Gasteiger partial charge in [-0.3, -0.25) is 9.78 Å². The van der Waals surface area contributed by atoms with Gasteiger partial charge in [-0.05, 0) is 23.8 Å².